The maximum absolute atomic E-state index is 12.0. The summed E-state index contributed by atoms with van der Waals surface area (Å²) in [7, 11) is 0. The number of halogens is 2. The summed E-state index contributed by atoms with van der Waals surface area (Å²) < 4.78 is 11.9. The molecule has 0 spiro atoms. The number of esters is 1. The third-order valence-corrected chi connectivity index (χ3v) is 4.70. The first-order chi connectivity index (χ1) is 12.9. The monoisotopic (exact) mass is 493 g/mol. The van der Waals surface area contributed by atoms with Crippen LogP contribution in [0, 0.1) is 0 Å². The van der Waals surface area contributed by atoms with Crippen molar-refractivity contribution >= 4 is 54.7 Å². The highest BCUT2D eigenvalue weighted by Gasteiger charge is 2.11. The molecular weight excluding hydrogens is 482 g/mol. The summed E-state index contributed by atoms with van der Waals surface area (Å²) in [5.74, 6) is -0.992. The van der Waals surface area contributed by atoms with Crippen molar-refractivity contribution in [1.82, 2.24) is 5.32 Å². The zero-order valence-electron chi connectivity index (χ0n) is 13.8. The zero-order chi connectivity index (χ0) is 19.4. The van der Waals surface area contributed by atoms with Gasteiger partial charge < -0.3 is 14.5 Å². The maximum Gasteiger partial charge on any atom is 0.336 e. The Morgan fingerprint density at radius 3 is 2.44 bits per heavy atom. The second-order valence-corrected chi connectivity index (χ2v) is 7.41. The van der Waals surface area contributed by atoms with Crippen LogP contribution in [0.4, 0.5) is 0 Å². The Hall–Kier alpha value is -2.45. The van der Waals surface area contributed by atoms with Gasteiger partial charge in [-0.15, -0.1) is 0 Å². The molecule has 0 aliphatic heterocycles. The van der Waals surface area contributed by atoms with E-state index in [1.54, 1.807) is 42.5 Å². The van der Waals surface area contributed by atoms with Gasteiger partial charge in [0, 0.05) is 31.5 Å². The van der Waals surface area contributed by atoms with Gasteiger partial charge in [-0.2, -0.15) is 0 Å². The Morgan fingerprint density at radius 2 is 1.70 bits per heavy atom. The van der Waals surface area contributed by atoms with E-state index in [2.05, 4.69) is 37.2 Å². The van der Waals surface area contributed by atoms with Crippen LogP contribution in [0.25, 0.3) is 11.0 Å². The van der Waals surface area contributed by atoms with Crippen LogP contribution in [0.3, 0.4) is 0 Å². The molecule has 0 saturated heterocycles. The number of amides is 1. The second-order valence-electron chi connectivity index (χ2n) is 5.58. The summed E-state index contributed by atoms with van der Waals surface area (Å²) in [5, 5.41) is 3.17. The predicted molar refractivity (Wildman–Crippen MR) is 106 cm³/mol. The molecule has 0 aliphatic rings. The minimum atomic E-state index is -0.612. The highest BCUT2D eigenvalue weighted by atomic mass is 79.9. The van der Waals surface area contributed by atoms with Crippen molar-refractivity contribution in [3.05, 3.63) is 79.0 Å². The molecule has 0 saturated carbocycles. The average molecular weight is 495 g/mol. The molecule has 27 heavy (non-hydrogen) atoms. The van der Waals surface area contributed by atoms with Crippen molar-refractivity contribution in [2.75, 3.05) is 6.54 Å². The summed E-state index contributed by atoms with van der Waals surface area (Å²) in [6.07, 6.45) is 0. The molecule has 0 atom stereocenters. The highest BCUT2D eigenvalue weighted by molar-refractivity contribution is 9.10. The first-order valence-electron chi connectivity index (χ1n) is 7.84. The fourth-order valence-corrected chi connectivity index (χ4v) is 2.99. The molecule has 1 aromatic heterocycles. The Kier molecular flexibility index (Phi) is 6.08. The number of rotatable bonds is 5. The van der Waals surface area contributed by atoms with Crippen LogP contribution < -0.4 is 10.9 Å². The number of carbonyl (C=O) groups excluding carboxylic acids is 2. The molecule has 138 valence electrons. The lowest BCUT2D eigenvalue weighted by atomic mass is 10.1. The Bertz CT molecular complexity index is 1060. The van der Waals surface area contributed by atoms with Crippen molar-refractivity contribution in [3.8, 4) is 0 Å². The van der Waals surface area contributed by atoms with E-state index in [0.717, 1.165) is 8.95 Å². The van der Waals surface area contributed by atoms with Gasteiger partial charge in [-0.3, -0.25) is 9.59 Å². The van der Waals surface area contributed by atoms with E-state index < -0.39 is 11.6 Å². The predicted octanol–water partition coefficient (Wildman–Crippen LogP) is 3.79. The van der Waals surface area contributed by atoms with Gasteiger partial charge in [-0.25, -0.2) is 4.79 Å². The summed E-state index contributed by atoms with van der Waals surface area (Å²) >= 11 is 6.60. The van der Waals surface area contributed by atoms with E-state index in [4.69, 9.17) is 9.15 Å². The number of hydrogen-bond donors (Lipinski definition) is 1. The van der Waals surface area contributed by atoms with Crippen molar-refractivity contribution in [2.24, 2.45) is 0 Å². The Labute approximate surface area is 170 Å². The zero-order valence-corrected chi connectivity index (χ0v) is 17.0. The molecule has 0 unspecified atom stereocenters. The number of carbonyl (C=O) groups is 2. The van der Waals surface area contributed by atoms with Crippen molar-refractivity contribution < 1.29 is 18.7 Å². The quantitative estimate of drug-likeness (QED) is 0.430. The molecule has 0 radical (unpaired) electrons. The molecule has 3 aromatic rings. The smallest absolute Gasteiger partial charge is 0.336 e. The fraction of sp³-hybridized carbons (Fsp3) is 0.105. The lowest BCUT2D eigenvalue weighted by molar-refractivity contribution is -0.143. The van der Waals surface area contributed by atoms with Crippen molar-refractivity contribution in [1.29, 1.82) is 0 Å². The topological polar surface area (TPSA) is 85.6 Å². The van der Waals surface area contributed by atoms with E-state index in [1.807, 2.05) is 0 Å². The van der Waals surface area contributed by atoms with Crippen LogP contribution in [0.2, 0.25) is 0 Å². The first-order valence-corrected chi connectivity index (χ1v) is 9.42. The number of nitrogens with one attached hydrogen (secondary N) is 1. The lowest BCUT2D eigenvalue weighted by Gasteiger charge is -2.08. The molecule has 1 heterocycles. The van der Waals surface area contributed by atoms with E-state index in [9.17, 15) is 14.4 Å². The summed E-state index contributed by atoms with van der Waals surface area (Å²) in [6.45, 7) is -0.378. The molecule has 2 aromatic carbocycles. The highest BCUT2D eigenvalue weighted by Crippen LogP contribution is 2.22. The van der Waals surface area contributed by atoms with Gasteiger partial charge in [0.2, 0.25) is 0 Å². The minimum absolute atomic E-state index is 0.100. The fourth-order valence-electron chi connectivity index (χ4n) is 2.39. The summed E-state index contributed by atoms with van der Waals surface area (Å²) in [6, 6.07) is 13.3. The van der Waals surface area contributed by atoms with Crippen LogP contribution in [-0.4, -0.2) is 18.4 Å². The molecule has 1 amide bonds. The van der Waals surface area contributed by atoms with Crippen LogP contribution >= 0.6 is 31.9 Å². The van der Waals surface area contributed by atoms with E-state index in [-0.39, 0.29) is 19.1 Å². The van der Waals surface area contributed by atoms with E-state index >= 15 is 0 Å². The van der Waals surface area contributed by atoms with Gasteiger partial charge >= 0.3 is 11.6 Å². The summed E-state index contributed by atoms with van der Waals surface area (Å²) in [4.78, 5) is 35.6. The van der Waals surface area contributed by atoms with E-state index in [1.165, 1.54) is 6.07 Å². The van der Waals surface area contributed by atoms with E-state index in [0.29, 0.717) is 22.1 Å². The molecule has 0 fully saturated rings. The van der Waals surface area contributed by atoms with Crippen LogP contribution in [-0.2, 0) is 16.1 Å². The van der Waals surface area contributed by atoms with Gasteiger partial charge in [0.05, 0.1) is 0 Å². The third kappa shape index (κ3) is 5.05. The summed E-state index contributed by atoms with van der Waals surface area (Å²) in [5.41, 5.74) is 0.825. The number of ether oxygens (including phenoxy) is 1. The third-order valence-electron chi connectivity index (χ3n) is 3.68. The average Bonchev–Trinajstić information content (AvgIpc) is 2.64. The number of fused-ring (bicyclic) bond motifs is 1. The van der Waals surface area contributed by atoms with Crippen molar-refractivity contribution in [3.63, 3.8) is 0 Å². The normalized spacial score (nSPS) is 10.6. The van der Waals surface area contributed by atoms with Gasteiger partial charge in [0.1, 0.15) is 18.7 Å². The molecule has 0 bridgehead atoms. The molecular formula is C19H13Br2NO5. The van der Waals surface area contributed by atoms with Crippen LogP contribution in [0.5, 0.6) is 0 Å². The Morgan fingerprint density at radius 1 is 1.00 bits per heavy atom. The number of hydrogen-bond acceptors (Lipinski definition) is 5. The Balaban J connectivity index is 1.61. The molecule has 1 N–H and O–H groups in total. The standard InChI is InChI=1S/C19H13Br2NO5/c20-13-3-1-11(2-4-13)19(25)22-9-18(24)26-10-12-7-17(23)27-16-8-14(21)5-6-15(12)16/h1-8H,9-10H2,(H,22,25). The van der Waals surface area contributed by atoms with Gasteiger partial charge in [-0.05, 0) is 42.5 Å². The van der Waals surface area contributed by atoms with Gasteiger partial charge in [-0.1, -0.05) is 31.9 Å². The SMILES string of the molecule is O=C(CNC(=O)c1ccc(Br)cc1)OCc1cc(=O)oc2cc(Br)ccc12. The van der Waals surface area contributed by atoms with Crippen LogP contribution in [0.15, 0.2) is 66.7 Å². The van der Waals surface area contributed by atoms with Crippen molar-refractivity contribution in [2.45, 2.75) is 6.61 Å². The lowest BCUT2D eigenvalue weighted by Crippen LogP contribution is -2.30. The van der Waals surface area contributed by atoms with Gasteiger partial charge in [0.15, 0.2) is 0 Å². The molecule has 8 heteroatoms. The number of benzene rings is 2. The van der Waals surface area contributed by atoms with Crippen LogP contribution in [0.1, 0.15) is 15.9 Å². The maximum atomic E-state index is 12.0. The second kappa shape index (κ2) is 8.49. The molecule has 6 nitrogen and oxygen atoms in total. The first kappa shape index (κ1) is 19.3. The molecule has 0 aliphatic carbocycles. The largest absolute Gasteiger partial charge is 0.459 e. The molecule has 3 rings (SSSR count). The van der Waals surface area contributed by atoms with Gasteiger partial charge in [0.25, 0.3) is 5.91 Å². The minimum Gasteiger partial charge on any atom is -0.459 e.